The number of rotatable bonds is 4. The summed E-state index contributed by atoms with van der Waals surface area (Å²) >= 11 is 0. The van der Waals surface area contributed by atoms with E-state index in [1.54, 1.807) is 6.33 Å². The summed E-state index contributed by atoms with van der Waals surface area (Å²) in [6.07, 6.45) is 4.10. The molecule has 3 rings (SSSR count). The van der Waals surface area contributed by atoms with Crippen LogP contribution in [0.2, 0.25) is 0 Å². The lowest BCUT2D eigenvalue weighted by molar-refractivity contribution is 0.156. The van der Waals surface area contributed by atoms with Crippen LogP contribution in [-0.4, -0.2) is 19.9 Å². The van der Waals surface area contributed by atoms with Crippen LogP contribution in [-0.2, 0) is 19.6 Å². The van der Waals surface area contributed by atoms with Gasteiger partial charge in [-0.15, -0.1) is 0 Å². The molecule has 1 aromatic carbocycles. The molecule has 0 saturated carbocycles. The average Bonchev–Trinajstić information content (AvgIpc) is 2.93. The van der Waals surface area contributed by atoms with E-state index in [4.69, 9.17) is 4.74 Å². The maximum Gasteiger partial charge on any atom is 0.164 e. The molecule has 0 fully saturated rings. The number of hydrogen-bond acceptors (Lipinski definition) is 4. The molecule has 0 unspecified atom stereocenters. The molecule has 2 aromatic rings. The summed E-state index contributed by atoms with van der Waals surface area (Å²) in [6.45, 7) is 3.19. The van der Waals surface area contributed by atoms with Crippen LogP contribution in [0.4, 0.5) is 0 Å². The highest BCUT2D eigenvalue weighted by atomic mass is 16.5. The fourth-order valence-electron chi connectivity index (χ4n) is 2.65. The van der Waals surface area contributed by atoms with Crippen molar-refractivity contribution in [1.29, 1.82) is 0 Å². The number of hydrogen-bond donors (Lipinski definition) is 1. The Balaban J connectivity index is 1.73. The highest BCUT2D eigenvalue weighted by molar-refractivity contribution is 5.38. The van der Waals surface area contributed by atoms with Crippen molar-refractivity contribution < 1.29 is 9.84 Å². The van der Waals surface area contributed by atoms with Crippen molar-refractivity contribution >= 4 is 0 Å². The smallest absolute Gasteiger partial charge is 0.164 e. The second kappa shape index (κ2) is 5.63. The number of fused-ring (bicyclic) bond motifs is 1. The molecule has 0 spiro atoms. The van der Waals surface area contributed by atoms with Crippen LogP contribution >= 0.6 is 0 Å². The molecule has 20 heavy (non-hydrogen) atoms. The van der Waals surface area contributed by atoms with Gasteiger partial charge in [-0.05, 0) is 49.4 Å². The lowest BCUT2D eigenvalue weighted by Gasteiger charge is -2.21. The minimum absolute atomic E-state index is 0.360. The number of aromatic nitrogens is 3. The zero-order valence-corrected chi connectivity index (χ0v) is 11.6. The third-order valence-corrected chi connectivity index (χ3v) is 3.76. The molecule has 1 aliphatic carbocycles. The lowest BCUT2D eigenvalue weighted by Crippen LogP contribution is -2.10. The molecule has 5 nitrogen and oxygen atoms in total. The van der Waals surface area contributed by atoms with Crippen molar-refractivity contribution in [1.82, 2.24) is 14.8 Å². The van der Waals surface area contributed by atoms with Crippen LogP contribution in [0, 0.1) is 0 Å². The van der Waals surface area contributed by atoms with Gasteiger partial charge in [-0.3, -0.25) is 0 Å². The fraction of sp³-hybridized carbons (Fsp3) is 0.467. The van der Waals surface area contributed by atoms with E-state index < -0.39 is 0 Å². The summed E-state index contributed by atoms with van der Waals surface area (Å²) in [4.78, 5) is 4.18. The molecule has 1 heterocycles. The van der Waals surface area contributed by atoms with E-state index in [-0.39, 0.29) is 6.10 Å². The first-order chi connectivity index (χ1) is 9.78. The largest absolute Gasteiger partial charge is 0.486 e. The maximum atomic E-state index is 10.0. The van der Waals surface area contributed by atoms with Gasteiger partial charge in [0.05, 0.1) is 6.10 Å². The number of nitrogens with zero attached hydrogens (tertiary/aromatic N) is 3. The van der Waals surface area contributed by atoms with Crippen LogP contribution in [0.25, 0.3) is 0 Å². The number of aryl methyl sites for hydroxylation is 2. The summed E-state index contributed by atoms with van der Waals surface area (Å²) in [5.41, 5.74) is 2.23. The Bertz CT molecular complexity index is 595. The van der Waals surface area contributed by atoms with E-state index in [2.05, 4.69) is 16.1 Å². The molecule has 5 heteroatoms. The van der Waals surface area contributed by atoms with Gasteiger partial charge in [0.2, 0.25) is 0 Å². The molecular weight excluding hydrogens is 254 g/mol. The summed E-state index contributed by atoms with van der Waals surface area (Å²) in [6, 6.07) is 5.97. The number of ether oxygens (including phenoxy) is 1. The van der Waals surface area contributed by atoms with Crippen molar-refractivity contribution in [2.24, 2.45) is 0 Å². The Labute approximate surface area is 118 Å². The van der Waals surface area contributed by atoms with Crippen LogP contribution < -0.4 is 4.74 Å². The monoisotopic (exact) mass is 273 g/mol. The number of aliphatic hydroxyl groups excluding tert-OH is 1. The van der Waals surface area contributed by atoms with E-state index in [1.165, 1.54) is 5.56 Å². The van der Waals surface area contributed by atoms with E-state index in [0.29, 0.717) is 6.61 Å². The maximum absolute atomic E-state index is 10.0. The molecule has 1 aromatic heterocycles. The SMILES string of the molecule is CCn1ncnc1COc1ccc2c(c1)[C@H](O)CCC2. The Morgan fingerprint density at radius 1 is 1.45 bits per heavy atom. The van der Waals surface area contributed by atoms with Gasteiger partial charge < -0.3 is 9.84 Å². The molecule has 0 bridgehead atoms. The van der Waals surface area contributed by atoms with Crippen molar-refractivity contribution in [2.45, 2.75) is 45.4 Å². The summed E-state index contributed by atoms with van der Waals surface area (Å²) in [7, 11) is 0. The van der Waals surface area contributed by atoms with Crippen molar-refractivity contribution in [3.8, 4) is 5.75 Å². The molecule has 0 amide bonds. The fourth-order valence-corrected chi connectivity index (χ4v) is 2.65. The number of benzene rings is 1. The molecular formula is C15H19N3O2. The molecule has 0 aliphatic heterocycles. The first kappa shape index (κ1) is 13.1. The lowest BCUT2D eigenvalue weighted by atomic mass is 9.89. The van der Waals surface area contributed by atoms with E-state index in [1.807, 2.05) is 23.7 Å². The van der Waals surface area contributed by atoms with Gasteiger partial charge in [0, 0.05) is 6.54 Å². The van der Waals surface area contributed by atoms with Crippen molar-refractivity contribution in [3.05, 3.63) is 41.5 Å². The third-order valence-electron chi connectivity index (χ3n) is 3.76. The first-order valence-corrected chi connectivity index (χ1v) is 7.08. The third kappa shape index (κ3) is 2.54. The van der Waals surface area contributed by atoms with Gasteiger partial charge in [-0.1, -0.05) is 6.07 Å². The van der Waals surface area contributed by atoms with E-state index in [0.717, 1.165) is 42.9 Å². The molecule has 106 valence electrons. The molecule has 0 radical (unpaired) electrons. The second-order valence-electron chi connectivity index (χ2n) is 5.05. The second-order valence-corrected chi connectivity index (χ2v) is 5.05. The van der Waals surface area contributed by atoms with Gasteiger partial charge in [0.1, 0.15) is 18.7 Å². The normalized spacial score (nSPS) is 17.8. The van der Waals surface area contributed by atoms with Crippen LogP contribution in [0.15, 0.2) is 24.5 Å². The van der Waals surface area contributed by atoms with E-state index >= 15 is 0 Å². The number of aliphatic hydroxyl groups is 1. The van der Waals surface area contributed by atoms with Gasteiger partial charge in [-0.25, -0.2) is 9.67 Å². The van der Waals surface area contributed by atoms with Gasteiger partial charge in [-0.2, -0.15) is 5.10 Å². The predicted octanol–water partition coefficient (Wildman–Crippen LogP) is 2.25. The zero-order valence-electron chi connectivity index (χ0n) is 11.6. The van der Waals surface area contributed by atoms with Crippen molar-refractivity contribution in [3.63, 3.8) is 0 Å². The minimum atomic E-state index is -0.360. The summed E-state index contributed by atoms with van der Waals surface area (Å²) in [5.74, 6) is 1.58. The Morgan fingerprint density at radius 2 is 2.35 bits per heavy atom. The Hall–Kier alpha value is -1.88. The van der Waals surface area contributed by atoms with Crippen LogP contribution in [0.1, 0.15) is 42.8 Å². The van der Waals surface area contributed by atoms with Crippen molar-refractivity contribution in [2.75, 3.05) is 0 Å². The molecule has 1 atom stereocenters. The van der Waals surface area contributed by atoms with Gasteiger partial charge in [0.15, 0.2) is 5.82 Å². The zero-order chi connectivity index (χ0) is 13.9. The van der Waals surface area contributed by atoms with Gasteiger partial charge in [0.25, 0.3) is 0 Å². The highest BCUT2D eigenvalue weighted by Crippen LogP contribution is 2.32. The summed E-state index contributed by atoms with van der Waals surface area (Å²) < 4.78 is 7.59. The average molecular weight is 273 g/mol. The molecule has 1 aliphatic rings. The highest BCUT2D eigenvalue weighted by Gasteiger charge is 2.18. The minimum Gasteiger partial charge on any atom is -0.486 e. The molecule has 0 saturated heterocycles. The quantitative estimate of drug-likeness (QED) is 0.928. The Morgan fingerprint density at radius 3 is 3.20 bits per heavy atom. The predicted molar refractivity (Wildman–Crippen MR) is 74.4 cm³/mol. The van der Waals surface area contributed by atoms with Crippen LogP contribution in [0.3, 0.4) is 0 Å². The summed E-state index contributed by atoms with van der Waals surface area (Å²) in [5, 5.41) is 14.2. The van der Waals surface area contributed by atoms with Gasteiger partial charge >= 0.3 is 0 Å². The standard InChI is InChI=1S/C15H19N3O2/c1-2-18-15(16-10-17-18)9-20-12-7-6-11-4-3-5-14(19)13(11)8-12/h6-8,10,14,19H,2-5,9H2,1H3/t14-/m1/s1. The van der Waals surface area contributed by atoms with E-state index in [9.17, 15) is 5.11 Å². The topological polar surface area (TPSA) is 60.2 Å². The van der Waals surface area contributed by atoms with Crippen LogP contribution in [0.5, 0.6) is 5.75 Å². The first-order valence-electron chi connectivity index (χ1n) is 7.08. The molecule has 1 N–H and O–H groups in total. The Kier molecular flexibility index (Phi) is 3.69.